The average molecular weight is 267 g/mol. The first-order chi connectivity index (χ1) is 8.81. The quantitative estimate of drug-likeness (QED) is 0.712. The number of carboxylic acid groups (broad SMARTS) is 2. The van der Waals surface area contributed by atoms with Crippen molar-refractivity contribution >= 4 is 11.9 Å². The van der Waals surface area contributed by atoms with Crippen molar-refractivity contribution in [3.05, 3.63) is 22.5 Å². The molecule has 0 saturated heterocycles. The Morgan fingerprint density at radius 1 is 1.16 bits per heavy atom. The SMILES string of the molecule is CCCC(C)C1C(C(=O)O)=C(C)NC(C)=C1C(=O)O. The molecule has 19 heavy (non-hydrogen) atoms. The van der Waals surface area contributed by atoms with E-state index in [0.717, 1.165) is 12.8 Å². The monoisotopic (exact) mass is 267 g/mol. The van der Waals surface area contributed by atoms with Crippen LogP contribution < -0.4 is 5.32 Å². The maximum atomic E-state index is 11.4. The molecule has 0 aromatic carbocycles. The first-order valence-electron chi connectivity index (χ1n) is 6.46. The molecule has 1 aliphatic heterocycles. The minimum absolute atomic E-state index is 0.0193. The average Bonchev–Trinajstić information content (AvgIpc) is 2.26. The van der Waals surface area contributed by atoms with Crippen molar-refractivity contribution in [3.8, 4) is 0 Å². The van der Waals surface area contributed by atoms with E-state index in [0.29, 0.717) is 11.4 Å². The van der Waals surface area contributed by atoms with Gasteiger partial charge in [-0.05, 0) is 19.8 Å². The van der Waals surface area contributed by atoms with Gasteiger partial charge in [0, 0.05) is 17.3 Å². The number of rotatable bonds is 5. The second-order valence-electron chi connectivity index (χ2n) is 5.06. The van der Waals surface area contributed by atoms with Gasteiger partial charge in [-0.15, -0.1) is 0 Å². The molecule has 0 aromatic rings. The van der Waals surface area contributed by atoms with Crippen molar-refractivity contribution in [2.75, 3.05) is 0 Å². The van der Waals surface area contributed by atoms with Crippen LogP contribution in [0.25, 0.3) is 0 Å². The van der Waals surface area contributed by atoms with Gasteiger partial charge in [0.25, 0.3) is 0 Å². The van der Waals surface area contributed by atoms with Gasteiger partial charge in [0.2, 0.25) is 0 Å². The molecule has 0 bridgehead atoms. The highest BCUT2D eigenvalue weighted by atomic mass is 16.4. The summed E-state index contributed by atoms with van der Waals surface area (Å²) in [6.45, 7) is 7.27. The molecular weight excluding hydrogens is 246 g/mol. The van der Waals surface area contributed by atoms with E-state index in [1.54, 1.807) is 13.8 Å². The van der Waals surface area contributed by atoms with Crippen LogP contribution in [-0.2, 0) is 9.59 Å². The molecular formula is C14H21NO4. The maximum absolute atomic E-state index is 11.4. The standard InChI is InChI=1S/C14H21NO4/c1-5-6-7(2)10-11(13(16)17)8(3)15-9(4)12(10)14(18)19/h7,10,15H,5-6H2,1-4H3,(H,16,17)(H,18,19). The summed E-state index contributed by atoms with van der Waals surface area (Å²) in [5, 5.41) is 21.6. The van der Waals surface area contributed by atoms with Crippen LogP contribution in [0.15, 0.2) is 22.5 Å². The number of carboxylic acids is 2. The molecule has 5 heteroatoms. The van der Waals surface area contributed by atoms with E-state index < -0.39 is 17.9 Å². The van der Waals surface area contributed by atoms with Crippen LogP contribution in [0, 0.1) is 11.8 Å². The van der Waals surface area contributed by atoms with E-state index in [9.17, 15) is 19.8 Å². The Hall–Kier alpha value is -1.78. The van der Waals surface area contributed by atoms with Crippen molar-refractivity contribution in [1.82, 2.24) is 5.32 Å². The molecule has 3 N–H and O–H groups in total. The molecule has 1 heterocycles. The van der Waals surface area contributed by atoms with Crippen LogP contribution in [-0.4, -0.2) is 22.2 Å². The summed E-state index contributed by atoms with van der Waals surface area (Å²) in [4.78, 5) is 22.9. The Bertz CT molecular complexity index is 426. The molecule has 0 amide bonds. The highest BCUT2D eigenvalue weighted by Crippen LogP contribution is 2.37. The van der Waals surface area contributed by atoms with Gasteiger partial charge in [-0.25, -0.2) is 9.59 Å². The Labute approximate surface area is 113 Å². The maximum Gasteiger partial charge on any atom is 0.333 e. The third-order valence-electron chi connectivity index (χ3n) is 3.58. The molecule has 1 aliphatic rings. The second-order valence-corrected chi connectivity index (χ2v) is 5.06. The van der Waals surface area contributed by atoms with E-state index in [1.165, 1.54) is 0 Å². The van der Waals surface area contributed by atoms with E-state index >= 15 is 0 Å². The first kappa shape index (κ1) is 15.3. The highest BCUT2D eigenvalue weighted by molar-refractivity contribution is 5.96. The molecule has 0 aromatic heterocycles. The van der Waals surface area contributed by atoms with Gasteiger partial charge < -0.3 is 15.5 Å². The molecule has 106 valence electrons. The Balaban J connectivity index is 3.35. The minimum atomic E-state index is -1.05. The lowest BCUT2D eigenvalue weighted by molar-refractivity contribution is -0.134. The molecule has 1 unspecified atom stereocenters. The van der Waals surface area contributed by atoms with Gasteiger partial charge in [0.15, 0.2) is 0 Å². The Kier molecular flexibility index (Phi) is 4.75. The van der Waals surface area contributed by atoms with Crippen molar-refractivity contribution in [3.63, 3.8) is 0 Å². The number of carbonyl (C=O) groups is 2. The molecule has 5 nitrogen and oxygen atoms in total. The predicted molar refractivity (Wildman–Crippen MR) is 71.4 cm³/mol. The number of hydrogen-bond donors (Lipinski definition) is 3. The summed E-state index contributed by atoms with van der Waals surface area (Å²) in [6, 6.07) is 0. The third kappa shape index (κ3) is 2.97. The van der Waals surface area contributed by atoms with E-state index in [2.05, 4.69) is 5.32 Å². The largest absolute Gasteiger partial charge is 0.478 e. The zero-order chi connectivity index (χ0) is 14.7. The molecule has 1 atom stereocenters. The van der Waals surface area contributed by atoms with Gasteiger partial charge in [-0.3, -0.25) is 0 Å². The predicted octanol–water partition coefficient (Wildman–Crippen LogP) is 2.36. The summed E-state index contributed by atoms with van der Waals surface area (Å²) in [7, 11) is 0. The number of nitrogens with one attached hydrogen (secondary N) is 1. The summed E-state index contributed by atoms with van der Waals surface area (Å²) < 4.78 is 0. The topological polar surface area (TPSA) is 86.6 Å². The van der Waals surface area contributed by atoms with E-state index in [4.69, 9.17) is 0 Å². The molecule has 0 saturated carbocycles. The Morgan fingerprint density at radius 3 is 1.89 bits per heavy atom. The van der Waals surface area contributed by atoms with Crippen molar-refractivity contribution in [2.24, 2.45) is 11.8 Å². The van der Waals surface area contributed by atoms with Gasteiger partial charge in [0.05, 0.1) is 11.1 Å². The van der Waals surface area contributed by atoms with Crippen LogP contribution >= 0.6 is 0 Å². The van der Waals surface area contributed by atoms with Gasteiger partial charge in [-0.2, -0.15) is 0 Å². The van der Waals surface area contributed by atoms with Crippen LogP contribution in [0.1, 0.15) is 40.5 Å². The first-order valence-corrected chi connectivity index (χ1v) is 6.46. The second kappa shape index (κ2) is 5.91. The van der Waals surface area contributed by atoms with Crippen LogP contribution in [0.2, 0.25) is 0 Å². The summed E-state index contributed by atoms with van der Waals surface area (Å²) in [6.07, 6.45) is 1.68. The zero-order valence-corrected chi connectivity index (χ0v) is 11.8. The molecule has 0 aliphatic carbocycles. The molecule has 0 spiro atoms. The highest BCUT2D eigenvalue weighted by Gasteiger charge is 2.38. The number of allylic oxidation sites excluding steroid dienone is 2. The van der Waals surface area contributed by atoms with Crippen molar-refractivity contribution in [1.29, 1.82) is 0 Å². The van der Waals surface area contributed by atoms with E-state index in [1.807, 2.05) is 13.8 Å². The lowest BCUT2D eigenvalue weighted by atomic mass is 9.76. The van der Waals surface area contributed by atoms with Crippen LogP contribution in [0.5, 0.6) is 0 Å². The van der Waals surface area contributed by atoms with E-state index in [-0.39, 0.29) is 17.1 Å². The number of aliphatic carboxylic acids is 2. The normalized spacial score (nSPS) is 18.3. The molecule has 1 rings (SSSR count). The van der Waals surface area contributed by atoms with Gasteiger partial charge >= 0.3 is 11.9 Å². The number of hydrogen-bond acceptors (Lipinski definition) is 3. The fraction of sp³-hybridized carbons (Fsp3) is 0.571. The van der Waals surface area contributed by atoms with Gasteiger partial charge in [0.1, 0.15) is 0 Å². The summed E-state index contributed by atoms with van der Waals surface area (Å²) >= 11 is 0. The van der Waals surface area contributed by atoms with Crippen molar-refractivity contribution in [2.45, 2.75) is 40.5 Å². The molecule has 0 radical (unpaired) electrons. The van der Waals surface area contributed by atoms with Crippen molar-refractivity contribution < 1.29 is 19.8 Å². The van der Waals surface area contributed by atoms with Crippen LogP contribution in [0.4, 0.5) is 0 Å². The lowest BCUT2D eigenvalue weighted by Crippen LogP contribution is -2.35. The molecule has 0 fully saturated rings. The lowest BCUT2D eigenvalue weighted by Gasteiger charge is -2.32. The fourth-order valence-corrected chi connectivity index (χ4v) is 2.80. The summed E-state index contributed by atoms with van der Waals surface area (Å²) in [5.74, 6) is -2.68. The smallest absolute Gasteiger partial charge is 0.333 e. The number of dihydropyridines is 1. The minimum Gasteiger partial charge on any atom is -0.478 e. The zero-order valence-electron chi connectivity index (χ0n) is 11.8. The fourth-order valence-electron chi connectivity index (χ4n) is 2.80. The third-order valence-corrected chi connectivity index (χ3v) is 3.58. The van der Waals surface area contributed by atoms with Crippen LogP contribution in [0.3, 0.4) is 0 Å². The Morgan fingerprint density at radius 2 is 1.58 bits per heavy atom. The summed E-state index contributed by atoms with van der Waals surface area (Å²) in [5.41, 5.74) is 1.40. The van der Waals surface area contributed by atoms with Gasteiger partial charge in [-0.1, -0.05) is 26.7 Å².